The van der Waals surface area contributed by atoms with Crippen molar-refractivity contribution < 1.29 is 22.7 Å². The average molecular weight is 499 g/mol. The molecule has 9 heteroatoms. The molecule has 0 aliphatic heterocycles. The molecule has 1 N–H and O–H groups in total. The van der Waals surface area contributed by atoms with Crippen LogP contribution in [-0.4, -0.2) is 47.4 Å². The summed E-state index contributed by atoms with van der Waals surface area (Å²) in [6, 6.07) is 12.6. The fraction of sp³-hybridized carbons (Fsp3) is 0.381. The van der Waals surface area contributed by atoms with E-state index < -0.39 is 10.0 Å². The summed E-state index contributed by atoms with van der Waals surface area (Å²) in [6.07, 6.45) is 1.80. The van der Waals surface area contributed by atoms with E-state index in [4.69, 9.17) is 9.47 Å². The van der Waals surface area contributed by atoms with Gasteiger partial charge in [0.2, 0.25) is 15.9 Å². The lowest BCUT2D eigenvalue weighted by atomic mass is 10.2. The Morgan fingerprint density at radius 3 is 2.40 bits per heavy atom. The van der Waals surface area contributed by atoms with Gasteiger partial charge in [0, 0.05) is 17.4 Å². The minimum absolute atomic E-state index is 0.145. The van der Waals surface area contributed by atoms with Gasteiger partial charge in [-0.1, -0.05) is 15.9 Å². The van der Waals surface area contributed by atoms with Crippen LogP contribution in [0.15, 0.2) is 46.9 Å². The fourth-order valence-electron chi connectivity index (χ4n) is 2.77. The lowest BCUT2D eigenvalue weighted by Gasteiger charge is -2.23. The Kier molecular flexibility index (Phi) is 8.98. The van der Waals surface area contributed by atoms with Crippen molar-refractivity contribution in [3.8, 4) is 11.5 Å². The smallest absolute Gasteiger partial charge is 0.232 e. The summed E-state index contributed by atoms with van der Waals surface area (Å²) in [5.41, 5.74) is 1.53. The first kappa shape index (κ1) is 24.0. The van der Waals surface area contributed by atoms with Gasteiger partial charge in [-0.15, -0.1) is 0 Å². The van der Waals surface area contributed by atoms with Crippen LogP contribution in [0.25, 0.3) is 0 Å². The normalized spacial score (nSPS) is 11.1. The topological polar surface area (TPSA) is 84.9 Å². The summed E-state index contributed by atoms with van der Waals surface area (Å²) in [6.45, 7) is 2.84. The maximum absolute atomic E-state index is 12.2. The number of nitrogens with zero attached hydrogens (tertiary/aromatic N) is 1. The molecule has 0 bridgehead atoms. The van der Waals surface area contributed by atoms with Crippen LogP contribution in [0.5, 0.6) is 11.5 Å². The Labute approximate surface area is 186 Å². The van der Waals surface area contributed by atoms with Crippen molar-refractivity contribution >= 4 is 37.5 Å². The predicted molar refractivity (Wildman–Crippen MR) is 122 cm³/mol. The first-order valence-electron chi connectivity index (χ1n) is 9.48. The van der Waals surface area contributed by atoms with Crippen LogP contribution in [0, 0.1) is 6.92 Å². The molecule has 2 aromatic carbocycles. The SMILES string of the molecule is COc1ccc(OCCNC(=O)CCCN(c2ccc(Br)c(C)c2)S(C)(=O)=O)cc1. The molecule has 0 radical (unpaired) electrons. The highest BCUT2D eigenvalue weighted by Gasteiger charge is 2.18. The van der Waals surface area contributed by atoms with Gasteiger partial charge in [0.25, 0.3) is 0 Å². The number of amides is 1. The third kappa shape index (κ3) is 7.53. The van der Waals surface area contributed by atoms with Crippen LogP contribution in [0.1, 0.15) is 18.4 Å². The van der Waals surface area contributed by atoms with Gasteiger partial charge in [0.05, 0.1) is 25.6 Å². The zero-order valence-electron chi connectivity index (χ0n) is 17.4. The largest absolute Gasteiger partial charge is 0.497 e. The molecule has 1 amide bonds. The lowest BCUT2D eigenvalue weighted by Crippen LogP contribution is -2.33. The van der Waals surface area contributed by atoms with Gasteiger partial charge in [-0.3, -0.25) is 9.10 Å². The van der Waals surface area contributed by atoms with Crippen LogP contribution in [0.4, 0.5) is 5.69 Å². The molecule has 0 saturated carbocycles. The standard InChI is InChI=1S/C21H27BrN2O5S/c1-16-15-17(6-11-20(16)22)24(30(3,26)27)13-4-5-21(25)23-12-14-29-19-9-7-18(28-2)8-10-19/h6-11,15H,4-5,12-14H2,1-3H3,(H,23,25). The number of ether oxygens (including phenoxy) is 2. The molecule has 0 aromatic heterocycles. The molecule has 2 rings (SSSR count). The molecule has 2 aromatic rings. The molecular weight excluding hydrogens is 472 g/mol. The highest BCUT2D eigenvalue weighted by atomic mass is 79.9. The van der Waals surface area contributed by atoms with E-state index in [9.17, 15) is 13.2 Å². The van der Waals surface area contributed by atoms with Crippen molar-refractivity contribution in [2.24, 2.45) is 0 Å². The number of sulfonamides is 1. The van der Waals surface area contributed by atoms with Crippen molar-refractivity contribution in [1.82, 2.24) is 5.32 Å². The van der Waals surface area contributed by atoms with Crippen molar-refractivity contribution in [1.29, 1.82) is 0 Å². The molecule has 0 aliphatic carbocycles. The summed E-state index contributed by atoms with van der Waals surface area (Å²) in [7, 11) is -1.85. The Hall–Kier alpha value is -2.26. The number of hydrogen-bond acceptors (Lipinski definition) is 5. The molecular formula is C21H27BrN2O5S. The highest BCUT2D eigenvalue weighted by Crippen LogP contribution is 2.25. The number of halogens is 1. The zero-order chi connectivity index (χ0) is 22.1. The molecule has 0 unspecified atom stereocenters. The Balaban J connectivity index is 1.76. The second-order valence-corrected chi connectivity index (χ2v) is 9.51. The maximum atomic E-state index is 12.2. The number of methoxy groups -OCH3 is 1. The lowest BCUT2D eigenvalue weighted by molar-refractivity contribution is -0.121. The number of nitrogens with one attached hydrogen (secondary N) is 1. The molecule has 0 atom stereocenters. The Bertz CT molecular complexity index is 948. The van der Waals surface area contributed by atoms with Gasteiger partial charge in [0.15, 0.2) is 0 Å². The summed E-state index contributed by atoms with van der Waals surface area (Å²) in [5.74, 6) is 1.30. The number of carbonyl (C=O) groups is 1. The summed E-state index contributed by atoms with van der Waals surface area (Å²) >= 11 is 3.42. The third-order valence-corrected chi connectivity index (χ3v) is 6.43. The summed E-state index contributed by atoms with van der Waals surface area (Å²) in [4.78, 5) is 12.0. The van der Waals surface area contributed by atoms with Crippen molar-refractivity contribution in [2.75, 3.05) is 37.4 Å². The summed E-state index contributed by atoms with van der Waals surface area (Å²) < 4.78 is 37.2. The fourth-order valence-corrected chi connectivity index (χ4v) is 3.98. The van der Waals surface area contributed by atoms with E-state index in [1.54, 1.807) is 37.4 Å². The average Bonchev–Trinajstić information content (AvgIpc) is 2.70. The summed E-state index contributed by atoms with van der Waals surface area (Å²) in [5, 5.41) is 2.78. The second kappa shape index (κ2) is 11.2. The molecule has 0 heterocycles. The zero-order valence-corrected chi connectivity index (χ0v) is 19.8. The van der Waals surface area contributed by atoms with Gasteiger partial charge in [-0.25, -0.2) is 8.42 Å². The number of rotatable bonds is 11. The number of aryl methyl sites for hydroxylation is 1. The van der Waals surface area contributed by atoms with Crippen molar-refractivity contribution in [3.63, 3.8) is 0 Å². The van der Waals surface area contributed by atoms with Gasteiger partial charge < -0.3 is 14.8 Å². The van der Waals surface area contributed by atoms with E-state index in [1.165, 1.54) is 10.6 Å². The number of hydrogen-bond donors (Lipinski definition) is 1. The highest BCUT2D eigenvalue weighted by molar-refractivity contribution is 9.10. The molecule has 164 valence electrons. The Morgan fingerprint density at radius 2 is 1.80 bits per heavy atom. The number of carbonyl (C=O) groups excluding carboxylic acids is 1. The number of anilines is 1. The maximum Gasteiger partial charge on any atom is 0.232 e. The van der Waals surface area contributed by atoms with E-state index in [-0.39, 0.29) is 18.9 Å². The van der Waals surface area contributed by atoms with Crippen LogP contribution in [0.3, 0.4) is 0 Å². The van der Waals surface area contributed by atoms with Gasteiger partial charge in [-0.05, 0) is 61.4 Å². The van der Waals surface area contributed by atoms with Gasteiger partial charge in [0.1, 0.15) is 18.1 Å². The molecule has 0 aliphatic rings. The molecule has 7 nitrogen and oxygen atoms in total. The predicted octanol–water partition coefficient (Wildman–Crippen LogP) is 3.51. The monoisotopic (exact) mass is 498 g/mol. The molecule has 0 fully saturated rings. The van der Waals surface area contributed by atoms with Gasteiger partial charge in [-0.2, -0.15) is 0 Å². The van der Waals surface area contributed by atoms with E-state index in [1.807, 2.05) is 19.1 Å². The molecule has 30 heavy (non-hydrogen) atoms. The second-order valence-electron chi connectivity index (χ2n) is 6.75. The van der Waals surface area contributed by atoms with E-state index in [2.05, 4.69) is 21.2 Å². The first-order valence-corrected chi connectivity index (χ1v) is 12.1. The quantitative estimate of drug-likeness (QED) is 0.479. The minimum Gasteiger partial charge on any atom is -0.497 e. The Morgan fingerprint density at radius 1 is 1.13 bits per heavy atom. The number of benzene rings is 2. The van der Waals surface area contributed by atoms with Crippen LogP contribution < -0.4 is 19.1 Å². The van der Waals surface area contributed by atoms with E-state index in [0.29, 0.717) is 31.0 Å². The van der Waals surface area contributed by atoms with Gasteiger partial charge >= 0.3 is 0 Å². The minimum atomic E-state index is -3.44. The van der Waals surface area contributed by atoms with Crippen LogP contribution >= 0.6 is 15.9 Å². The van der Waals surface area contributed by atoms with Crippen molar-refractivity contribution in [3.05, 3.63) is 52.5 Å². The van der Waals surface area contributed by atoms with Crippen molar-refractivity contribution in [2.45, 2.75) is 19.8 Å². The third-order valence-electron chi connectivity index (χ3n) is 4.35. The first-order chi connectivity index (χ1) is 14.2. The van der Waals surface area contributed by atoms with E-state index >= 15 is 0 Å². The van der Waals surface area contributed by atoms with Crippen LogP contribution in [-0.2, 0) is 14.8 Å². The molecule has 0 spiro atoms. The van der Waals surface area contributed by atoms with Crippen LogP contribution in [0.2, 0.25) is 0 Å². The molecule has 0 saturated heterocycles. The van der Waals surface area contributed by atoms with E-state index in [0.717, 1.165) is 15.8 Å².